The van der Waals surface area contributed by atoms with Gasteiger partial charge in [0.2, 0.25) is 11.8 Å². The second-order valence-electron chi connectivity index (χ2n) is 10.3. The number of H-pyrrole nitrogens is 1. The van der Waals surface area contributed by atoms with Crippen molar-refractivity contribution in [1.29, 1.82) is 0 Å². The third-order valence-corrected chi connectivity index (χ3v) is 7.07. The first kappa shape index (κ1) is 28.8. The van der Waals surface area contributed by atoms with Gasteiger partial charge in [-0.05, 0) is 56.4 Å². The maximum atomic E-state index is 13.3. The molecule has 0 radical (unpaired) electrons. The Hall–Kier alpha value is -4.20. The lowest BCUT2D eigenvalue weighted by molar-refractivity contribution is -0.129. The number of hydrogen-bond acceptors (Lipinski definition) is 4. The Bertz CT molecular complexity index is 1420. The predicted octanol–water partition coefficient (Wildman–Crippen LogP) is 5.11. The van der Waals surface area contributed by atoms with Gasteiger partial charge in [-0.15, -0.1) is 0 Å². The SMILES string of the molecule is CC(=O)CCCCC[C@H](NC(=O)CCn1ccc(C)n1)C(=O)NCCc1c(-c2ccccc2)[nH]c2ccccc12. The summed E-state index contributed by atoms with van der Waals surface area (Å²) in [5, 5.41) is 11.5. The molecule has 0 saturated heterocycles. The molecule has 2 amide bonds. The summed E-state index contributed by atoms with van der Waals surface area (Å²) in [5.41, 5.74) is 5.27. The molecular formula is C32H39N5O3. The van der Waals surface area contributed by atoms with Crippen molar-refractivity contribution in [2.45, 2.75) is 71.4 Å². The van der Waals surface area contributed by atoms with Gasteiger partial charge in [0, 0.05) is 48.7 Å². The Morgan fingerprint density at radius 2 is 1.73 bits per heavy atom. The highest BCUT2D eigenvalue weighted by molar-refractivity contribution is 5.91. The van der Waals surface area contributed by atoms with E-state index in [9.17, 15) is 14.4 Å². The minimum atomic E-state index is -0.624. The summed E-state index contributed by atoms with van der Waals surface area (Å²) in [5.74, 6) is -0.195. The van der Waals surface area contributed by atoms with Gasteiger partial charge in [-0.2, -0.15) is 5.10 Å². The zero-order valence-corrected chi connectivity index (χ0v) is 23.4. The van der Waals surface area contributed by atoms with E-state index in [2.05, 4.69) is 45.0 Å². The molecule has 4 aromatic rings. The molecule has 2 aromatic carbocycles. The van der Waals surface area contributed by atoms with Crippen LogP contribution >= 0.6 is 0 Å². The van der Waals surface area contributed by atoms with Crippen LogP contribution in [0.4, 0.5) is 0 Å². The summed E-state index contributed by atoms with van der Waals surface area (Å²) >= 11 is 0. The zero-order chi connectivity index (χ0) is 28.3. The van der Waals surface area contributed by atoms with E-state index in [1.165, 1.54) is 0 Å². The second-order valence-corrected chi connectivity index (χ2v) is 10.3. The number of carbonyl (C=O) groups excluding carboxylic acids is 3. The van der Waals surface area contributed by atoms with Crippen LogP contribution in [-0.4, -0.2) is 44.9 Å². The monoisotopic (exact) mass is 541 g/mol. The summed E-state index contributed by atoms with van der Waals surface area (Å²) in [4.78, 5) is 40.8. The maximum absolute atomic E-state index is 13.3. The van der Waals surface area contributed by atoms with Gasteiger partial charge in [0.25, 0.3) is 0 Å². The Balaban J connectivity index is 1.38. The van der Waals surface area contributed by atoms with Gasteiger partial charge in [-0.3, -0.25) is 14.3 Å². The fraction of sp³-hybridized carbons (Fsp3) is 0.375. The quantitative estimate of drug-likeness (QED) is 0.182. The average Bonchev–Trinajstić information content (AvgIpc) is 3.54. The first-order valence-electron chi connectivity index (χ1n) is 14.1. The number of fused-ring (bicyclic) bond motifs is 1. The van der Waals surface area contributed by atoms with Crippen LogP contribution in [0.25, 0.3) is 22.2 Å². The van der Waals surface area contributed by atoms with Crippen molar-refractivity contribution in [3.8, 4) is 11.3 Å². The number of nitrogens with one attached hydrogen (secondary N) is 3. The first-order chi connectivity index (χ1) is 19.4. The zero-order valence-electron chi connectivity index (χ0n) is 23.4. The molecule has 0 unspecified atom stereocenters. The summed E-state index contributed by atoms with van der Waals surface area (Å²) in [6, 6.07) is 19.7. The highest BCUT2D eigenvalue weighted by Crippen LogP contribution is 2.30. The lowest BCUT2D eigenvalue weighted by Crippen LogP contribution is -2.47. The van der Waals surface area contributed by atoms with Gasteiger partial charge in [-0.1, -0.05) is 61.4 Å². The largest absolute Gasteiger partial charge is 0.354 e. The topological polar surface area (TPSA) is 109 Å². The Kier molecular flexibility index (Phi) is 10.3. The van der Waals surface area contributed by atoms with Gasteiger partial charge in [0.1, 0.15) is 11.8 Å². The van der Waals surface area contributed by atoms with Crippen LogP contribution in [-0.2, 0) is 27.3 Å². The molecule has 0 fully saturated rings. The third kappa shape index (κ3) is 8.15. The fourth-order valence-electron chi connectivity index (χ4n) is 4.98. The Labute approximate surface area is 235 Å². The van der Waals surface area contributed by atoms with E-state index in [0.29, 0.717) is 32.4 Å². The van der Waals surface area contributed by atoms with E-state index in [1.54, 1.807) is 11.6 Å². The maximum Gasteiger partial charge on any atom is 0.242 e. The smallest absolute Gasteiger partial charge is 0.242 e. The number of nitrogens with zero attached hydrogens (tertiary/aromatic N) is 2. The normalized spacial score (nSPS) is 11.8. The molecule has 2 aromatic heterocycles. The van der Waals surface area contributed by atoms with Crippen LogP contribution in [0, 0.1) is 6.92 Å². The number of hydrogen-bond donors (Lipinski definition) is 3. The number of rotatable bonds is 15. The molecule has 3 N–H and O–H groups in total. The van der Waals surface area contributed by atoms with Crippen LogP contribution in [0.2, 0.25) is 0 Å². The standard InChI is InChI=1S/C32H39N5O3/c1-23-18-21-37(36-23)22-19-30(39)34-29(16-8-3-5-11-24(2)38)32(40)33-20-17-27-26-14-9-10-15-28(26)35-31(27)25-12-6-4-7-13-25/h4,6-7,9-10,12-15,18,21,29,35H,3,5,8,11,16-17,19-20,22H2,1-2H3,(H,33,40)(H,34,39)/t29-/m0/s1. The molecule has 0 aliphatic heterocycles. The molecule has 8 nitrogen and oxygen atoms in total. The van der Waals surface area contributed by atoms with Crippen molar-refractivity contribution in [3.05, 3.63) is 78.1 Å². The van der Waals surface area contributed by atoms with Crippen LogP contribution < -0.4 is 10.6 Å². The minimum Gasteiger partial charge on any atom is -0.354 e. The highest BCUT2D eigenvalue weighted by Gasteiger charge is 2.21. The van der Waals surface area contributed by atoms with Crippen molar-refractivity contribution in [2.24, 2.45) is 0 Å². The first-order valence-corrected chi connectivity index (χ1v) is 14.1. The van der Waals surface area contributed by atoms with Crippen molar-refractivity contribution in [3.63, 3.8) is 0 Å². The Morgan fingerprint density at radius 3 is 2.48 bits per heavy atom. The van der Waals surface area contributed by atoms with Crippen molar-refractivity contribution in [2.75, 3.05) is 6.54 Å². The number of para-hydroxylation sites is 1. The van der Waals surface area contributed by atoms with E-state index in [4.69, 9.17) is 0 Å². The molecule has 210 valence electrons. The van der Waals surface area contributed by atoms with Gasteiger partial charge >= 0.3 is 0 Å². The highest BCUT2D eigenvalue weighted by atomic mass is 16.2. The Morgan fingerprint density at radius 1 is 0.950 bits per heavy atom. The number of unbranched alkanes of at least 4 members (excludes halogenated alkanes) is 2. The van der Waals surface area contributed by atoms with E-state index < -0.39 is 6.04 Å². The summed E-state index contributed by atoms with van der Waals surface area (Å²) in [6.07, 6.45) is 6.18. The number of amides is 2. The predicted molar refractivity (Wildman–Crippen MR) is 158 cm³/mol. The lowest BCUT2D eigenvalue weighted by atomic mass is 10.0. The second kappa shape index (κ2) is 14.3. The molecule has 0 bridgehead atoms. The van der Waals surface area contributed by atoms with Gasteiger partial charge in [0.15, 0.2) is 0 Å². The molecule has 1 atom stereocenters. The van der Waals surface area contributed by atoms with Gasteiger partial charge in [-0.25, -0.2) is 0 Å². The number of aromatic amines is 1. The number of aromatic nitrogens is 3. The minimum absolute atomic E-state index is 0.170. The molecule has 2 heterocycles. The van der Waals surface area contributed by atoms with E-state index in [-0.39, 0.29) is 24.0 Å². The molecular weight excluding hydrogens is 502 g/mol. The molecule has 8 heteroatoms. The molecule has 0 aliphatic carbocycles. The molecule has 4 rings (SSSR count). The van der Waals surface area contributed by atoms with Gasteiger partial charge in [0.05, 0.1) is 5.69 Å². The molecule has 0 saturated carbocycles. The third-order valence-electron chi connectivity index (χ3n) is 7.07. The van der Waals surface area contributed by atoms with Crippen LogP contribution in [0.1, 0.15) is 56.7 Å². The summed E-state index contributed by atoms with van der Waals surface area (Å²) in [7, 11) is 0. The van der Waals surface area contributed by atoms with Crippen LogP contribution in [0.5, 0.6) is 0 Å². The number of aryl methyl sites for hydroxylation is 2. The molecule has 0 spiro atoms. The van der Waals surface area contributed by atoms with E-state index >= 15 is 0 Å². The summed E-state index contributed by atoms with van der Waals surface area (Å²) in [6.45, 7) is 4.40. The number of Topliss-reactive ketones (excluding diaryl/α,β-unsaturated/α-hetero) is 1. The van der Waals surface area contributed by atoms with E-state index in [1.807, 2.05) is 49.5 Å². The number of benzene rings is 2. The van der Waals surface area contributed by atoms with Crippen molar-refractivity contribution < 1.29 is 14.4 Å². The number of carbonyl (C=O) groups is 3. The van der Waals surface area contributed by atoms with Crippen LogP contribution in [0.3, 0.4) is 0 Å². The van der Waals surface area contributed by atoms with E-state index in [0.717, 1.165) is 52.7 Å². The fourth-order valence-corrected chi connectivity index (χ4v) is 4.98. The average molecular weight is 542 g/mol. The summed E-state index contributed by atoms with van der Waals surface area (Å²) < 4.78 is 1.73. The van der Waals surface area contributed by atoms with Crippen LogP contribution in [0.15, 0.2) is 66.9 Å². The number of ketones is 1. The van der Waals surface area contributed by atoms with Crippen molar-refractivity contribution >= 4 is 28.5 Å². The lowest BCUT2D eigenvalue weighted by Gasteiger charge is -2.19. The molecule has 40 heavy (non-hydrogen) atoms. The van der Waals surface area contributed by atoms with Gasteiger partial charge < -0.3 is 20.4 Å². The molecule has 0 aliphatic rings. The van der Waals surface area contributed by atoms with Crippen molar-refractivity contribution in [1.82, 2.24) is 25.4 Å².